The molecule has 21 heavy (non-hydrogen) atoms. The van der Waals surface area contributed by atoms with Crippen LogP contribution in [-0.2, 0) is 17.4 Å². The van der Waals surface area contributed by atoms with E-state index in [4.69, 9.17) is 5.73 Å². The van der Waals surface area contributed by atoms with Crippen LogP contribution in [0.3, 0.4) is 0 Å². The van der Waals surface area contributed by atoms with Gasteiger partial charge in [0.25, 0.3) is 0 Å². The summed E-state index contributed by atoms with van der Waals surface area (Å²) in [6, 6.07) is 4.43. The van der Waals surface area contributed by atoms with E-state index in [0.29, 0.717) is 0 Å². The molecule has 0 fully saturated rings. The summed E-state index contributed by atoms with van der Waals surface area (Å²) in [4.78, 5) is 14.7. The van der Waals surface area contributed by atoms with E-state index in [1.165, 1.54) is 12.1 Å². The van der Waals surface area contributed by atoms with Crippen molar-refractivity contribution in [2.75, 3.05) is 0 Å². The summed E-state index contributed by atoms with van der Waals surface area (Å²) in [6.07, 6.45) is -3.12. The van der Waals surface area contributed by atoms with Crippen molar-refractivity contribution in [1.29, 1.82) is 0 Å². The minimum Gasteiger partial charge on any atom is -0.369 e. The van der Waals surface area contributed by atoms with Gasteiger partial charge in [0.05, 0.1) is 12.0 Å². The van der Waals surface area contributed by atoms with E-state index in [9.17, 15) is 22.4 Å². The maximum Gasteiger partial charge on any atom is 0.417 e. The Labute approximate surface area is 117 Å². The number of pyridine rings is 1. The van der Waals surface area contributed by atoms with Crippen LogP contribution in [0.4, 0.5) is 17.6 Å². The molecule has 1 aromatic carbocycles. The zero-order valence-corrected chi connectivity index (χ0v) is 10.6. The molecule has 0 aliphatic rings. The van der Waals surface area contributed by atoms with E-state index in [1.54, 1.807) is 0 Å². The second-order valence-electron chi connectivity index (χ2n) is 4.33. The smallest absolute Gasteiger partial charge is 0.369 e. The van der Waals surface area contributed by atoms with Gasteiger partial charge >= 0.3 is 6.18 Å². The summed E-state index contributed by atoms with van der Waals surface area (Å²) < 4.78 is 52.9. The lowest BCUT2D eigenvalue weighted by molar-refractivity contribution is -0.137. The van der Waals surface area contributed by atoms with E-state index in [2.05, 4.69) is 4.98 Å². The average Bonchev–Trinajstić information content (AvgIpc) is 2.40. The first-order valence-electron chi connectivity index (χ1n) is 5.88. The number of benzene rings is 1. The number of nitrogens with two attached hydrogens (primary N) is 1. The number of nitrogens with zero attached hydrogens (tertiary/aromatic N) is 1. The van der Waals surface area contributed by atoms with Gasteiger partial charge in [-0.1, -0.05) is 12.1 Å². The van der Waals surface area contributed by atoms with Crippen LogP contribution in [-0.4, -0.2) is 10.9 Å². The molecule has 2 N–H and O–H groups in total. The topological polar surface area (TPSA) is 56.0 Å². The largest absolute Gasteiger partial charge is 0.417 e. The molecule has 0 saturated carbocycles. The van der Waals surface area contributed by atoms with Gasteiger partial charge in [0.2, 0.25) is 5.91 Å². The van der Waals surface area contributed by atoms with Crippen LogP contribution in [0.25, 0.3) is 11.1 Å². The molecule has 0 saturated heterocycles. The van der Waals surface area contributed by atoms with Crippen LogP contribution in [0.5, 0.6) is 0 Å². The Hall–Kier alpha value is -2.44. The number of hydrogen-bond acceptors (Lipinski definition) is 2. The average molecular weight is 298 g/mol. The van der Waals surface area contributed by atoms with Crippen molar-refractivity contribution in [2.45, 2.75) is 12.6 Å². The molecular weight excluding hydrogens is 288 g/mol. The molecule has 1 aromatic heterocycles. The van der Waals surface area contributed by atoms with Gasteiger partial charge in [-0.2, -0.15) is 13.2 Å². The number of hydrogen-bond donors (Lipinski definition) is 1. The van der Waals surface area contributed by atoms with Crippen molar-refractivity contribution < 1.29 is 22.4 Å². The molecule has 0 radical (unpaired) electrons. The second kappa shape index (κ2) is 5.51. The highest BCUT2D eigenvalue weighted by atomic mass is 19.4. The van der Waals surface area contributed by atoms with E-state index in [0.717, 1.165) is 24.5 Å². The maximum atomic E-state index is 13.8. The Morgan fingerprint density at radius 3 is 2.52 bits per heavy atom. The van der Waals surface area contributed by atoms with Gasteiger partial charge in [-0.3, -0.25) is 9.78 Å². The van der Waals surface area contributed by atoms with E-state index < -0.39 is 29.9 Å². The molecule has 0 bridgehead atoms. The van der Waals surface area contributed by atoms with Crippen molar-refractivity contribution in [3.05, 3.63) is 53.6 Å². The Bertz CT molecular complexity index is 683. The highest BCUT2D eigenvalue weighted by Crippen LogP contribution is 2.38. The monoisotopic (exact) mass is 298 g/mol. The van der Waals surface area contributed by atoms with E-state index >= 15 is 0 Å². The van der Waals surface area contributed by atoms with Crippen molar-refractivity contribution in [2.24, 2.45) is 5.73 Å². The van der Waals surface area contributed by atoms with Crippen LogP contribution in [0.2, 0.25) is 0 Å². The lowest BCUT2D eigenvalue weighted by Gasteiger charge is -2.15. The zero-order valence-electron chi connectivity index (χ0n) is 10.6. The SMILES string of the molecule is NC(=O)Cc1c(F)cccc1-c1cnccc1C(F)(F)F. The molecule has 7 heteroatoms. The fraction of sp³-hybridized carbons (Fsp3) is 0.143. The Morgan fingerprint density at radius 1 is 1.19 bits per heavy atom. The first kappa shape index (κ1) is 15.0. The number of carbonyl (C=O) groups excluding carboxylic acids is 1. The van der Waals surface area contributed by atoms with Gasteiger partial charge < -0.3 is 5.73 Å². The molecule has 0 atom stereocenters. The number of alkyl halides is 3. The molecule has 1 heterocycles. The van der Waals surface area contributed by atoms with Crippen LogP contribution in [0.1, 0.15) is 11.1 Å². The van der Waals surface area contributed by atoms with Crippen molar-refractivity contribution in [3.63, 3.8) is 0 Å². The van der Waals surface area contributed by atoms with Crippen LogP contribution in [0, 0.1) is 5.82 Å². The summed E-state index contributed by atoms with van der Waals surface area (Å²) in [7, 11) is 0. The van der Waals surface area contributed by atoms with Gasteiger partial charge in [-0.15, -0.1) is 0 Å². The molecule has 0 unspecified atom stereocenters. The van der Waals surface area contributed by atoms with Gasteiger partial charge in [0.1, 0.15) is 5.82 Å². The highest BCUT2D eigenvalue weighted by molar-refractivity contribution is 5.81. The lowest BCUT2D eigenvalue weighted by Crippen LogP contribution is -2.16. The molecule has 3 nitrogen and oxygen atoms in total. The number of halogens is 4. The van der Waals surface area contributed by atoms with E-state index in [-0.39, 0.29) is 16.7 Å². The maximum absolute atomic E-state index is 13.8. The third-order valence-corrected chi connectivity index (χ3v) is 2.89. The fourth-order valence-electron chi connectivity index (χ4n) is 2.02. The molecule has 2 rings (SSSR count). The molecule has 2 aromatic rings. The number of aromatic nitrogens is 1. The van der Waals surface area contributed by atoms with Gasteiger partial charge in [-0.25, -0.2) is 4.39 Å². The zero-order chi connectivity index (χ0) is 15.6. The summed E-state index contributed by atoms with van der Waals surface area (Å²) in [6.45, 7) is 0. The molecule has 0 aliphatic carbocycles. The first-order valence-corrected chi connectivity index (χ1v) is 5.88. The summed E-state index contributed by atoms with van der Waals surface area (Å²) in [5.74, 6) is -1.62. The van der Waals surface area contributed by atoms with Crippen molar-refractivity contribution >= 4 is 5.91 Å². The van der Waals surface area contributed by atoms with Crippen molar-refractivity contribution in [3.8, 4) is 11.1 Å². The number of amides is 1. The minimum atomic E-state index is -4.62. The fourth-order valence-corrected chi connectivity index (χ4v) is 2.02. The number of primary amides is 1. The first-order chi connectivity index (χ1) is 9.80. The predicted molar refractivity (Wildman–Crippen MR) is 67.5 cm³/mol. The lowest BCUT2D eigenvalue weighted by atomic mass is 9.94. The minimum absolute atomic E-state index is 0.0470. The third kappa shape index (κ3) is 3.18. The summed E-state index contributed by atoms with van der Waals surface area (Å²) in [5, 5.41) is 0. The third-order valence-electron chi connectivity index (χ3n) is 2.89. The number of carbonyl (C=O) groups is 1. The van der Waals surface area contributed by atoms with Crippen LogP contribution in [0.15, 0.2) is 36.7 Å². The standard InChI is InChI=1S/C14H10F4N2O/c15-12-3-1-2-8(9(12)6-13(19)21)10-7-20-5-4-11(10)14(16,17)18/h1-5,7H,6H2,(H2,19,21). The van der Waals surface area contributed by atoms with Crippen LogP contribution < -0.4 is 5.73 Å². The highest BCUT2D eigenvalue weighted by Gasteiger charge is 2.34. The Morgan fingerprint density at radius 2 is 1.90 bits per heavy atom. The second-order valence-corrected chi connectivity index (χ2v) is 4.33. The quantitative estimate of drug-likeness (QED) is 0.886. The van der Waals surface area contributed by atoms with Crippen molar-refractivity contribution in [1.82, 2.24) is 4.98 Å². The molecule has 1 amide bonds. The van der Waals surface area contributed by atoms with Gasteiger partial charge in [-0.05, 0) is 17.7 Å². The molecular formula is C14H10F4N2O. The van der Waals surface area contributed by atoms with E-state index in [1.807, 2.05) is 0 Å². The molecule has 0 aliphatic heterocycles. The molecule has 0 spiro atoms. The van der Waals surface area contributed by atoms with Crippen LogP contribution >= 0.6 is 0 Å². The normalized spacial score (nSPS) is 11.4. The summed E-state index contributed by atoms with van der Waals surface area (Å²) in [5.41, 5.74) is 3.56. The summed E-state index contributed by atoms with van der Waals surface area (Å²) >= 11 is 0. The van der Waals surface area contributed by atoms with Gasteiger partial charge in [0.15, 0.2) is 0 Å². The van der Waals surface area contributed by atoms with Gasteiger partial charge in [0, 0.05) is 23.5 Å². The number of rotatable bonds is 3. The Kier molecular flexibility index (Phi) is 3.93. The Balaban J connectivity index is 2.68. The molecule has 110 valence electrons. The predicted octanol–water partition coefficient (Wildman–Crippen LogP) is 2.93.